The van der Waals surface area contributed by atoms with Crippen molar-refractivity contribution in [3.8, 4) is 0 Å². The van der Waals surface area contributed by atoms with Gasteiger partial charge in [-0.3, -0.25) is 10.1 Å². The van der Waals surface area contributed by atoms with Gasteiger partial charge in [0, 0.05) is 13.7 Å². The van der Waals surface area contributed by atoms with E-state index in [-0.39, 0.29) is 5.97 Å². The van der Waals surface area contributed by atoms with E-state index in [1.165, 1.54) is 20.0 Å². The lowest BCUT2D eigenvalue weighted by atomic mass is 9.81. The minimum absolute atomic E-state index is 0.0872. The maximum atomic E-state index is 12.0. The molecule has 0 spiro atoms. The molecule has 0 heterocycles. The molecule has 2 bridgehead atoms. The fourth-order valence-corrected chi connectivity index (χ4v) is 3.43. The third-order valence-electron chi connectivity index (χ3n) is 4.15. The van der Waals surface area contributed by atoms with Gasteiger partial charge in [-0.25, -0.2) is 0 Å². The lowest BCUT2D eigenvalue weighted by Gasteiger charge is -2.35. The second kappa shape index (κ2) is 4.72. The molecule has 92 valence electrons. The van der Waals surface area contributed by atoms with Crippen molar-refractivity contribution in [3.63, 3.8) is 0 Å². The summed E-state index contributed by atoms with van der Waals surface area (Å²) < 4.78 is 10.0. The van der Waals surface area contributed by atoms with Crippen molar-refractivity contribution in [1.82, 2.24) is 5.32 Å². The van der Waals surface area contributed by atoms with Gasteiger partial charge in [0.1, 0.15) is 5.54 Å². The fourth-order valence-electron chi connectivity index (χ4n) is 3.43. The molecule has 2 fully saturated rings. The van der Waals surface area contributed by atoms with Crippen LogP contribution in [0.15, 0.2) is 0 Å². The van der Waals surface area contributed by atoms with E-state index in [9.17, 15) is 4.79 Å². The molecule has 2 aliphatic carbocycles. The van der Waals surface area contributed by atoms with E-state index in [4.69, 9.17) is 9.47 Å². The lowest BCUT2D eigenvalue weighted by molar-refractivity contribution is -0.151. The third-order valence-corrected chi connectivity index (χ3v) is 4.15. The van der Waals surface area contributed by atoms with Crippen LogP contribution in [0.25, 0.3) is 0 Å². The molecule has 0 aromatic rings. The Balaban J connectivity index is 2.05. The number of hydrogen-bond donors (Lipinski definition) is 1. The average molecular weight is 227 g/mol. The summed E-state index contributed by atoms with van der Waals surface area (Å²) in [6.07, 6.45) is 4.54. The Morgan fingerprint density at radius 1 is 1.44 bits per heavy atom. The molecule has 1 N–H and O–H groups in total. The highest BCUT2D eigenvalue weighted by Gasteiger charge is 2.56. The van der Waals surface area contributed by atoms with Crippen LogP contribution in [0.3, 0.4) is 0 Å². The van der Waals surface area contributed by atoms with Gasteiger partial charge in [-0.05, 0) is 31.1 Å². The zero-order chi connectivity index (χ0) is 11.6. The maximum Gasteiger partial charge on any atom is 0.326 e. The molecule has 3 unspecified atom stereocenters. The van der Waals surface area contributed by atoms with Crippen molar-refractivity contribution < 1.29 is 14.3 Å². The molecule has 4 heteroatoms. The van der Waals surface area contributed by atoms with Gasteiger partial charge < -0.3 is 9.47 Å². The highest BCUT2D eigenvalue weighted by atomic mass is 16.5. The second-order valence-electron chi connectivity index (χ2n) is 4.96. The molecule has 0 radical (unpaired) electrons. The Morgan fingerprint density at radius 3 is 2.75 bits per heavy atom. The van der Waals surface area contributed by atoms with Gasteiger partial charge >= 0.3 is 5.97 Å². The van der Waals surface area contributed by atoms with Gasteiger partial charge in [-0.2, -0.15) is 0 Å². The van der Waals surface area contributed by atoms with Crippen LogP contribution in [-0.4, -0.2) is 38.9 Å². The van der Waals surface area contributed by atoms with E-state index >= 15 is 0 Å². The zero-order valence-electron chi connectivity index (χ0n) is 10.1. The normalized spacial score (nSPS) is 36.6. The van der Waals surface area contributed by atoms with Gasteiger partial charge in [-0.1, -0.05) is 6.42 Å². The van der Waals surface area contributed by atoms with Crippen molar-refractivity contribution in [1.29, 1.82) is 0 Å². The summed E-state index contributed by atoms with van der Waals surface area (Å²) in [5.74, 6) is 1.08. The van der Waals surface area contributed by atoms with Gasteiger partial charge in [0.25, 0.3) is 0 Å². The molecule has 2 saturated carbocycles. The molecular weight excluding hydrogens is 206 g/mol. The van der Waals surface area contributed by atoms with Crippen LogP contribution in [0.4, 0.5) is 0 Å². The van der Waals surface area contributed by atoms with E-state index in [0.717, 1.165) is 19.4 Å². The molecular formula is C12H21NO3. The summed E-state index contributed by atoms with van der Waals surface area (Å²) in [6.45, 7) is 1.35. The summed E-state index contributed by atoms with van der Waals surface area (Å²) in [5, 5.41) is 3.38. The Labute approximate surface area is 96.7 Å². The predicted molar refractivity (Wildman–Crippen MR) is 60.1 cm³/mol. The first kappa shape index (κ1) is 11.9. The highest BCUT2D eigenvalue weighted by molar-refractivity contribution is 5.82. The molecule has 4 nitrogen and oxygen atoms in total. The second-order valence-corrected chi connectivity index (χ2v) is 4.96. The van der Waals surface area contributed by atoms with Crippen LogP contribution in [-0.2, 0) is 14.3 Å². The minimum Gasteiger partial charge on any atom is -0.468 e. The molecule has 0 aromatic heterocycles. The number of hydrogen-bond acceptors (Lipinski definition) is 4. The Hall–Kier alpha value is -0.610. The molecule has 0 aromatic carbocycles. The number of ether oxygens (including phenoxy) is 2. The molecule has 0 saturated heterocycles. The third kappa shape index (κ3) is 1.84. The first-order valence-electron chi connectivity index (χ1n) is 6.05. The molecule has 2 aliphatic rings. The molecule has 0 aliphatic heterocycles. The summed E-state index contributed by atoms with van der Waals surface area (Å²) in [5.41, 5.74) is -0.420. The van der Waals surface area contributed by atoms with E-state index in [1.807, 2.05) is 0 Å². The SMILES string of the molecule is COCCNC1(C(=O)OC)CC2CCC1C2. The van der Waals surface area contributed by atoms with E-state index in [0.29, 0.717) is 18.4 Å². The van der Waals surface area contributed by atoms with Gasteiger partial charge in [-0.15, -0.1) is 0 Å². The van der Waals surface area contributed by atoms with Crippen LogP contribution in [0.2, 0.25) is 0 Å². The predicted octanol–water partition coefficient (Wildman–Crippen LogP) is 0.954. The molecule has 3 atom stereocenters. The minimum atomic E-state index is -0.420. The van der Waals surface area contributed by atoms with Crippen molar-refractivity contribution >= 4 is 5.97 Å². The number of carbonyl (C=O) groups excluding carboxylic acids is 1. The smallest absolute Gasteiger partial charge is 0.326 e. The molecule has 0 amide bonds. The van der Waals surface area contributed by atoms with E-state index in [1.54, 1.807) is 7.11 Å². The van der Waals surface area contributed by atoms with Crippen molar-refractivity contribution in [3.05, 3.63) is 0 Å². The number of carbonyl (C=O) groups is 1. The number of methoxy groups -OCH3 is 2. The number of fused-ring (bicyclic) bond motifs is 2. The maximum absolute atomic E-state index is 12.0. The van der Waals surface area contributed by atoms with Crippen molar-refractivity contribution in [2.75, 3.05) is 27.4 Å². The van der Waals surface area contributed by atoms with Crippen molar-refractivity contribution in [2.45, 2.75) is 31.2 Å². The first-order chi connectivity index (χ1) is 7.73. The summed E-state index contributed by atoms with van der Waals surface area (Å²) in [4.78, 5) is 12.0. The Kier molecular flexibility index (Phi) is 3.50. The first-order valence-corrected chi connectivity index (χ1v) is 6.05. The lowest BCUT2D eigenvalue weighted by Crippen LogP contribution is -2.57. The van der Waals surface area contributed by atoms with Gasteiger partial charge in [0.15, 0.2) is 0 Å². The van der Waals surface area contributed by atoms with E-state index < -0.39 is 5.54 Å². The molecule has 2 rings (SSSR count). The van der Waals surface area contributed by atoms with E-state index in [2.05, 4.69) is 5.32 Å². The van der Waals surface area contributed by atoms with Gasteiger partial charge in [0.2, 0.25) is 0 Å². The van der Waals surface area contributed by atoms with Crippen LogP contribution >= 0.6 is 0 Å². The average Bonchev–Trinajstić information content (AvgIpc) is 2.89. The Bertz CT molecular complexity index is 269. The Morgan fingerprint density at radius 2 is 2.25 bits per heavy atom. The van der Waals surface area contributed by atoms with Crippen LogP contribution in [0.5, 0.6) is 0 Å². The summed E-state index contributed by atoms with van der Waals surface area (Å²) in [6, 6.07) is 0. The zero-order valence-corrected chi connectivity index (χ0v) is 10.1. The summed E-state index contributed by atoms with van der Waals surface area (Å²) >= 11 is 0. The fraction of sp³-hybridized carbons (Fsp3) is 0.917. The monoisotopic (exact) mass is 227 g/mol. The number of esters is 1. The summed E-state index contributed by atoms with van der Waals surface area (Å²) in [7, 11) is 3.15. The van der Waals surface area contributed by atoms with Crippen LogP contribution in [0, 0.1) is 11.8 Å². The van der Waals surface area contributed by atoms with Crippen LogP contribution < -0.4 is 5.32 Å². The topological polar surface area (TPSA) is 47.6 Å². The highest BCUT2D eigenvalue weighted by Crippen LogP contribution is 2.51. The standard InChI is InChI=1S/C12H21NO3/c1-15-6-5-13-12(11(14)16-2)8-9-3-4-10(12)7-9/h9-10,13H,3-8H2,1-2H3. The van der Waals surface area contributed by atoms with Crippen molar-refractivity contribution in [2.24, 2.45) is 11.8 Å². The largest absolute Gasteiger partial charge is 0.468 e. The molecule has 16 heavy (non-hydrogen) atoms. The van der Waals surface area contributed by atoms with Gasteiger partial charge in [0.05, 0.1) is 13.7 Å². The number of rotatable bonds is 5. The number of nitrogens with one attached hydrogen (secondary N) is 1. The van der Waals surface area contributed by atoms with Crippen LogP contribution in [0.1, 0.15) is 25.7 Å². The quantitative estimate of drug-likeness (QED) is 0.561.